The highest BCUT2D eigenvalue weighted by Crippen LogP contribution is 2.63. The molecule has 11 heteroatoms. The van der Waals surface area contributed by atoms with Gasteiger partial charge in [0.1, 0.15) is 30.5 Å². The molecule has 3 aliphatic heterocycles. The average molecular weight is 543 g/mol. The van der Waals surface area contributed by atoms with Crippen molar-refractivity contribution in [2.24, 2.45) is 23.2 Å². The van der Waals surface area contributed by atoms with Gasteiger partial charge in [0, 0.05) is 30.6 Å². The minimum absolute atomic E-state index is 0.220. The fourth-order valence-electron chi connectivity index (χ4n) is 7.15. The summed E-state index contributed by atoms with van der Waals surface area (Å²) in [7, 11) is 0. The number of aliphatic hydroxyl groups excluding tert-OH is 1. The molecule has 0 aromatic heterocycles. The van der Waals surface area contributed by atoms with E-state index in [2.05, 4.69) is 6.58 Å². The van der Waals surface area contributed by atoms with Crippen molar-refractivity contribution in [3.8, 4) is 0 Å². The monoisotopic (exact) mass is 542 g/mol. The van der Waals surface area contributed by atoms with E-state index in [1.807, 2.05) is 13.8 Å². The molecular weight excluding hydrogens is 508 g/mol. The van der Waals surface area contributed by atoms with Gasteiger partial charge in [-0.1, -0.05) is 27.4 Å². The van der Waals surface area contributed by atoms with Crippen molar-refractivity contribution in [3.05, 3.63) is 12.2 Å². The highest BCUT2D eigenvalue weighted by molar-refractivity contribution is 6.23. The van der Waals surface area contributed by atoms with Gasteiger partial charge in [-0.25, -0.2) is 0 Å². The van der Waals surface area contributed by atoms with E-state index >= 15 is 0 Å². The van der Waals surface area contributed by atoms with Crippen LogP contribution in [0.25, 0.3) is 0 Å². The van der Waals surface area contributed by atoms with Crippen molar-refractivity contribution in [3.63, 3.8) is 0 Å². The molecule has 0 amide bonds. The van der Waals surface area contributed by atoms with E-state index in [0.29, 0.717) is 12.0 Å². The Bertz CT molecular complexity index is 1020. The van der Waals surface area contributed by atoms with Crippen LogP contribution >= 0.6 is 11.6 Å². The van der Waals surface area contributed by atoms with E-state index in [4.69, 9.17) is 35.3 Å². The molecule has 10 nitrogen and oxygen atoms in total. The lowest BCUT2D eigenvalue weighted by Crippen LogP contribution is -2.69. The second kappa shape index (κ2) is 8.91. The van der Waals surface area contributed by atoms with E-state index < -0.39 is 101 Å². The normalized spacial score (nSPS) is 52.0. The first-order valence-electron chi connectivity index (χ1n) is 12.9. The maximum absolute atomic E-state index is 12.9. The lowest BCUT2D eigenvalue weighted by molar-refractivity contribution is -0.223. The third-order valence-electron chi connectivity index (χ3n) is 9.27. The first-order valence-corrected chi connectivity index (χ1v) is 13.3. The number of carbonyl (C=O) groups excluding carboxylic acids is 3. The van der Waals surface area contributed by atoms with Gasteiger partial charge in [0.2, 0.25) is 0 Å². The number of rotatable bonds is 4. The van der Waals surface area contributed by atoms with Crippen molar-refractivity contribution >= 4 is 29.5 Å². The zero-order chi connectivity index (χ0) is 27.2. The summed E-state index contributed by atoms with van der Waals surface area (Å²) in [4.78, 5) is 37.9. The Morgan fingerprint density at radius 2 is 1.84 bits per heavy atom. The van der Waals surface area contributed by atoms with Crippen LogP contribution in [0.1, 0.15) is 47.5 Å². The van der Waals surface area contributed by atoms with Gasteiger partial charge in [0.05, 0.1) is 23.5 Å². The molecule has 5 aliphatic rings. The topological polar surface area (TPSA) is 144 Å². The summed E-state index contributed by atoms with van der Waals surface area (Å²) < 4.78 is 29.2. The minimum atomic E-state index is -2.08. The minimum Gasteiger partial charge on any atom is -0.459 e. The molecule has 0 bridgehead atoms. The maximum atomic E-state index is 12.9. The van der Waals surface area contributed by atoms with E-state index in [0.717, 1.165) is 0 Å². The van der Waals surface area contributed by atoms with E-state index in [1.165, 1.54) is 13.8 Å². The number of alkyl halides is 1. The Morgan fingerprint density at radius 1 is 1.16 bits per heavy atom. The number of halogens is 1. The lowest BCUT2D eigenvalue weighted by Gasteiger charge is -2.54. The quantitative estimate of drug-likeness (QED) is 0.175. The fourth-order valence-corrected chi connectivity index (χ4v) is 7.53. The van der Waals surface area contributed by atoms with Gasteiger partial charge in [-0.3, -0.25) is 14.4 Å². The van der Waals surface area contributed by atoms with Crippen LogP contribution in [0.4, 0.5) is 0 Å². The number of fused-ring (bicyclic) bond motifs is 5. The molecule has 0 spiro atoms. The van der Waals surface area contributed by atoms with Gasteiger partial charge in [-0.05, 0) is 18.9 Å². The second-order valence-electron chi connectivity index (χ2n) is 11.4. The molecule has 5 fully saturated rings. The second-order valence-corrected chi connectivity index (χ2v) is 11.9. The Morgan fingerprint density at radius 3 is 2.46 bits per heavy atom. The Kier molecular flexibility index (Phi) is 6.47. The fraction of sp³-hybridized carbons (Fsp3) is 0.808. The maximum Gasteiger partial charge on any atom is 0.312 e. The first-order chi connectivity index (χ1) is 17.3. The molecule has 37 heavy (non-hydrogen) atoms. The summed E-state index contributed by atoms with van der Waals surface area (Å²) in [6, 6.07) is 0. The SMILES string of the molecule is C=C1[C@H]2O[C@H]2[C@H](O)[C@]2(C)[C@H]([C@@H](C)[C@H](OC(=O)CCC)[C@@H]3O[C@@H]32)[C@H](OC(C)=O)[C@]2(O)[C@@H](C)C(=O)O[C@H]2[C@H]1Cl. The summed E-state index contributed by atoms with van der Waals surface area (Å²) in [6.07, 6.45) is -6.05. The van der Waals surface area contributed by atoms with Gasteiger partial charge < -0.3 is 33.9 Å². The van der Waals surface area contributed by atoms with Gasteiger partial charge in [0.15, 0.2) is 11.7 Å². The Hall–Kier alpha value is -1.72. The third-order valence-corrected chi connectivity index (χ3v) is 9.78. The molecule has 206 valence electrons. The molecule has 0 unspecified atom stereocenters. The molecule has 2 aliphatic carbocycles. The van der Waals surface area contributed by atoms with Crippen LogP contribution in [0.2, 0.25) is 0 Å². The van der Waals surface area contributed by atoms with E-state index in [9.17, 15) is 24.6 Å². The number of ether oxygens (including phenoxy) is 5. The highest BCUT2D eigenvalue weighted by Gasteiger charge is 2.77. The molecular formula is C26H35ClO10. The molecule has 2 saturated carbocycles. The number of aliphatic hydroxyl groups is 2. The summed E-state index contributed by atoms with van der Waals surface area (Å²) in [5.41, 5.74) is -2.86. The summed E-state index contributed by atoms with van der Waals surface area (Å²) in [5.74, 6) is -4.32. The molecule has 5 rings (SSSR count). The first kappa shape index (κ1) is 26.9. The standard InChI is InChI=1S/C26H35ClO10/c1-7-8-13(29)34-16-9(2)14-21(33-12(5)28)26(32)11(4)24(31)37-22(26)15(27)10(3)17-18(35-17)20(30)25(14,6)23-19(16)36-23/h9,11,14-23,30,32H,3,7-8H2,1-2,4-6H3/t9-,11+,14-,15+,16+,17-,18-,19+,20+,21+,22+,23+,25+,26-/m1/s1. The van der Waals surface area contributed by atoms with Crippen molar-refractivity contribution in [1.29, 1.82) is 0 Å². The number of esters is 3. The Balaban J connectivity index is 1.67. The number of carbonyl (C=O) groups is 3. The summed E-state index contributed by atoms with van der Waals surface area (Å²) >= 11 is 6.74. The molecule has 14 atom stereocenters. The predicted octanol–water partition coefficient (Wildman–Crippen LogP) is 1.27. The molecule has 0 radical (unpaired) electrons. The van der Waals surface area contributed by atoms with Crippen LogP contribution in [0.3, 0.4) is 0 Å². The van der Waals surface area contributed by atoms with E-state index in [-0.39, 0.29) is 6.42 Å². The van der Waals surface area contributed by atoms with Crippen molar-refractivity contribution in [1.82, 2.24) is 0 Å². The van der Waals surface area contributed by atoms with Crippen LogP contribution in [0.15, 0.2) is 12.2 Å². The van der Waals surface area contributed by atoms with Crippen LogP contribution < -0.4 is 0 Å². The predicted molar refractivity (Wildman–Crippen MR) is 127 cm³/mol. The van der Waals surface area contributed by atoms with E-state index in [1.54, 1.807) is 6.92 Å². The van der Waals surface area contributed by atoms with Crippen LogP contribution in [0.5, 0.6) is 0 Å². The number of epoxide rings is 2. The summed E-state index contributed by atoms with van der Waals surface area (Å²) in [6.45, 7) is 12.2. The van der Waals surface area contributed by atoms with Crippen molar-refractivity contribution < 1.29 is 48.3 Å². The Labute approximate surface area is 220 Å². The highest BCUT2D eigenvalue weighted by atomic mass is 35.5. The zero-order valence-electron chi connectivity index (χ0n) is 21.6. The number of hydrogen-bond acceptors (Lipinski definition) is 10. The van der Waals surface area contributed by atoms with Crippen LogP contribution in [-0.2, 0) is 38.1 Å². The molecule has 3 saturated heterocycles. The van der Waals surface area contributed by atoms with Crippen molar-refractivity contribution in [2.45, 2.75) is 107 Å². The molecule has 2 N–H and O–H groups in total. The van der Waals surface area contributed by atoms with Crippen LogP contribution in [-0.4, -0.2) is 87.9 Å². The molecule has 0 aromatic rings. The van der Waals surface area contributed by atoms with Gasteiger partial charge >= 0.3 is 17.9 Å². The zero-order valence-corrected chi connectivity index (χ0v) is 22.3. The van der Waals surface area contributed by atoms with Gasteiger partial charge in [0.25, 0.3) is 0 Å². The number of hydrogen-bond donors (Lipinski definition) is 2. The van der Waals surface area contributed by atoms with Crippen molar-refractivity contribution in [2.75, 3.05) is 0 Å². The lowest BCUT2D eigenvalue weighted by atomic mass is 9.53. The van der Waals surface area contributed by atoms with Crippen LogP contribution in [0, 0.1) is 23.2 Å². The smallest absolute Gasteiger partial charge is 0.312 e. The average Bonchev–Trinajstić information content (AvgIpc) is 3.75. The van der Waals surface area contributed by atoms with Gasteiger partial charge in [-0.15, -0.1) is 11.6 Å². The molecule has 3 heterocycles. The third kappa shape index (κ3) is 3.77. The summed E-state index contributed by atoms with van der Waals surface area (Å²) in [5, 5.41) is 23.0. The van der Waals surface area contributed by atoms with Gasteiger partial charge in [-0.2, -0.15) is 0 Å². The largest absolute Gasteiger partial charge is 0.459 e. The molecule has 0 aromatic carbocycles.